The Kier molecular flexibility index (Phi) is 31.5. The predicted molar refractivity (Wildman–Crippen MR) is 270 cm³/mol. The normalized spacial score (nSPS) is 22.3. The first-order valence-electron chi connectivity index (χ1n) is 26.1. The number of epoxide rings is 1. The van der Waals surface area contributed by atoms with E-state index in [1.54, 1.807) is 0 Å². The van der Waals surface area contributed by atoms with Gasteiger partial charge in [0.15, 0.2) is 12.3 Å². The summed E-state index contributed by atoms with van der Waals surface area (Å²) in [6.45, 7) is 2.08. The molecule has 0 amide bonds. The zero-order chi connectivity index (χ0) is 51.7. The molecule has 71 heavy (non-hydrogen) atoms. The van der Waals surface area contributed by atoms with Crippen LogP contribution in [0.1, 0.15) is 187 Å². The number of nitrogens with zero attached hydrogens (tertiary/aromatic N) is 2. The zero-order valence-electron chi connectivity index (χ0n) is 42.2. The van der Waals surface area contributed by atoms with Gasteiger partial charge in [-0.2, -0.15) is 9.29 Å². The minimum absolute atomic E-state index is 0.0295. The predicted octanol–water partition coefficient (Wildman–Crippen LogP) is 9.77. The third kappa shape index (κ3) is 28.3. The average Bonchev–Trinajstić information content (AvgIpc) is 4.02. The summed E-state index contributed by atoms with van der Waals surface area (Å²) in [5, 5.41) is 20.9. The molecule has 2 saturated heterocycles. The van der Waals surface area contributed by atoms with Gasteiger partial charge in [0.2, 0.25) is 0 Å². The summed E-state index contributed by atoms with van der Waals surface area (Å²) in [5.41, 5.74) is 4.59. The van der Waals surface area contributed by atoms with Crippen molar-refractivity contribution in [1.29, 1.82) is 0 Å². The van der Waals surface area contributed by atoms with E-state index in [2.05, 4.69) is 47.4 Å². The fraction of sp³-hybridized carbons (Fsp3) is 0.760. The van der Waals surface area contributed by atoms with Gasteiger partial charge in [-0.15, -0.1) is 0 Å². The molecule has 21 heteroatoms. The Morgan fingerprint density at radius 1 is 0.690 bits per heavy atom. The van der Waals surface area contributed by atoms with Crippen LogP contribution in [0.4, 0.5) is 5.82 Å². The maximum atomic E-state index is 12.9. The van der Waals surface area contributed by atoms with Gasteiger partial charge in [-0.3, -0.25) is 23.2 Å². The Morgan fingerprint density at radius 2 is 1.23 bits per heavy atom. The summed E-state index contributed by atoms with van der Waals surface area (Å²) in [4.78, 5) is 62.0. The van der Waals surface area contributed by atoms with Crippen molar-refractivity contribution < 1.29 is 71.0 Å². The van der Waals surface area contributed by atoms with Crippen LogP contribution >= 0.6 is 15.6 Å². The minimum atomic E-state index is -5.44. The zero-order valence-corrected chi connectivity index (χ0v) is 44.0. The van der Waals surface area contributed by atoms with Crippen LogP contribution in [0.3, 0.4) is 0 Å². The van der Waals surface area contributed by atoms with Crippen LogP contribution in [0, 0.1) is 0 Å². The molecule has 1 aromatic heterocycles. The van der Waals surface area contributed by atoms with E-state index < -0.39 is 83.7 Å². The number of aliphatic hydroxyl groups excluding tert-OH is 2. The highest BCUT2D eigenvalue weighted by atomic mass is 31.3. The second-order valence-corrected chi connectivity index (χ2v) is 21.5. The number of phosphoric ester groups is 2. The number of carbonyl (C=O) groups excluding carboxylic acids is 2. The van der Waals surface area contributed by atoms with Gasteiger partial charge < -0.3 is 44.7 Å². The molecular weight excluding hydrogens is 961 g/mol. The van der Waals surface area contributed by atoms with Crippen LogP contribution in [-0.2, 0) is 51.0 Å². The van der Waals surface area contributed by atoms with E-state index >= 15 is 0 Å². The Hall–Kier alpha value is -3.06. The number of unbranched alkanes of at least 4 members (excludes halogenated alkanes) is 18. The van der Waals surface area contributed by atoms with Gasteiger partial charge in [0.25, 0.3) is 0 Å². The summed E-state index contributed by atoms with van der Waals surface area (Å²) < 4.78 is 62.5. The number of hydrogen-bond donors (Lipinski definition) is 5. The Morgan fingerprint density at radius 3 is 1.86 bits per heavy atom. The largest absolute Gasteiger partial charge is 0.481 e. The summed E-state index contributed by atoms with van der Waals surface area (Å²) >= 11 is 0. The first-order valence-corrected chi connectivity index (χ1v) is 29.1. The van der Waals surface area contributed by atoms with E-state index in [0.29, 0.717) is 25.4 Å². The number of aliphatic hydroxyl groups is 2. The number of aromatic nitrogens is 2. The highest BCUT2D eigenvalue weighted by Gasteiger charge is 2.46. The third-order valence-corrected chi connectivity index (χ3v) is 14.7. The number of nitrogens with two attached hydrogens (primary N) is 1. The van der Waals surface area contributed by atoms with E-state index in [0.717, 1.165) is 62.1 Å². The van der Waals surface area contributed by atoms with Crippen molar-refractivity contribution in [3.63, 3.8) is 0 Å². The van der Waals surface area contributed by atoms with Gasteiger partial charge in [0.05, 0.1) is 25.4 Å². The number of anilines is 1. The maximum Gasteiger partial charge on any atom is 0.481 e. The van der Waals surface area contributed by atoms with Crippen LogP contribution in [0.25, 0.3) is 0 Å². The number of hydrogen-bond acceptors (Lipinski definition) is 16. The van der Waals surface area contributed by atoms with E-state index in [4.69, 9.17) is 33.7 Å². The van der Waals surface area contributed by atoms with E-state index in [9.17, 15) is 43.5 Å². The standard InChI is InChI=1S/C50H85N3O16P2/c1-3-5-7-9-11-12-13-14-15-16-17-18-21-25-29-33-45(54)63-37-40(66-46(55)34-30-26-22-19-20-24-28-32-42-41(67-42)31-27-23-10-8-6-4-2)38-64-70(59,60)69-71(61,62)65-39-43-47(56)48(57)49(68-43)53-36-35-44(51)52-50(53)58/h19,22-24,27-28,35-36,40-43,47-49,56-57H,3-18,20-21,25-26,29-34,37-39H2,1-2H3,(H,59,60)(H,61,62)(H2,51,52,58)/b22-19-,27-23-,28-24-/t40-,41?,42?,43-,47-,48-,49-/m1/s1. The molecule has 406 valence electrons. The molecule has 19 nitrogen and oxygen atoms in total. The molecule has 3 rings (SSSR count). The second kappa shape index (κ2) is 36.0. The van der Waals surface area contributed by atoms with Crippen LogP contribution in [0.5, 0.6) is 0 Å². The SMILES string of the molecule is CCCCC/C=C\CC1OC1C/C=C\C/C=C\CCCC(=O)O[C@H](COC(=O)CCCCCCCCCCCCCCCCC)COP(=O)(O)OP(=O)(O)OC[C@H]1O[C@@H](n2ccc(N)nc2=O)[C@H](O)[C@@H]1O. The van der Waals surface area contributed by atoms with Crippen LogP contribution in [0.2, 0.25) is 0 Å². The lowest BCUT2D eigenvalue weighted by Gasteiger charge is -2.21. The Labute approximate surface area is 421 Å². The maximum absolute atomic E-state index is 12.9. The van der Waals surface area contributed by atoms with Gasteiger partial charge in [0.1, 0.15) is 30.7 Å². The monoisotopic (exact) mass is 1050 g/mol. The number of phosphoric acid groups is 2. The minimum Gasteiger partial charge on any atom is -0.462 e. The van der Waals surface area contributed by atoms with E-state index in [1.807, 2.05) is 12.2 Å². The number of ether oxygens (including phenoxy) is 4. The Balaban J connectivity index is 1.41. The summed E-state index contributed by atoms with van der Waals surface area (Å²) in [6.07, 6.45) is 32.5. The van der Waals surface area contributed by atoms with Gasteiger partial charge >= 0.3 is 33.3 Å². The van der Waals surface area contributed by atoms with E-state index in [1.165, 1.54) is 89.5 Å². The summed E-state index contributed by atoms with van der Waals surface area (Å²) in [5.74, 6) is -1.36. The van der Waals surface area contributed by atoms with Crippen LogP contribution in [0.15, 0.2) is 53.5 Å². The molecule has 2 aliphatic rings. The number of allylic oxidation sites excluding steroid dienone is 4. The van der Waals surface area contributed by atoms with E-state index in [-0.39, 0.29) is 24.8 Å². The molecule has 0 bridgehead atoms. The lowest BCUT2D eigenvalue weighted by atomic mass is 10.0. The topological polar surface area (TPSA) is 278 Å². The number of nitrogen functional groups attached to an aromatic ring is 1. The van der Waals surface area contributed by atoms with Crippen molar-refractivity contribution >= 4 is 33.4 Å². The second-order valence-electron chi connectivity index (χ2n) is 18.4. The van der Waals surface area contributed by atoms with Crippen molar-refractivity contribution in [3.8, 4) is 0 Å². The molecule has 1 aromatic rings. The molecule has 9 atom stereocenters. The average molecular weight is 1050 g/mol. The number of carbonyl (C=O) groups is 2. The van der Waals surface area contributed by atoms with Gasteiger partial charge in [-0.25, -0.2) is 13.9 Å². The van der Waals surface area contributed by atoms with Gasteiger partial charge in [0, 0.05) is 19.0 Å². The first kappa shape index (κ1) is 62.2. The van der Waals surface area contributed by atoms with Gasteiger partial charge in [-0.1, -0.05) is 153 Å². The fourth-order valence-electron chi connectivity index (χ4n) is 7.94. The summed E-state index contributed by atoms with van der Waals surface area (Å²) in [7, 11) is -10.9. The lowest BCUT2D eigenvalue weighted by Crippen LogP contribution is -2.36. The number of esters is 2. The van der Waals surface area contributed by atoms with Gasteiger partial charge in [-0.05, 0) is 57.4 Å². The van der Waals surface area contributed by atoms with Crippen molar-refractivity contribution in [1.82, 2.24) is 9.55 Å². The highest BCUT2D eigenvalue weighted by Crippen LogP contribution is 2.60. The molecular formula is C50H85N3O16P2. The summed E-state index contributed by atoms with van der Waals surface area (Å²) in [6, 6.07) is 1.25. The molecule has 0 saturated carbocycles. The van der Waals surface area contributed by atoms with Crippen molar-refractivity contribution in [3.05, 3.63) is 59.2 Å². The number of rotatable bonds is 42. The Bertz CT molecular complexity index is 1900. The van der Waals surface area contributed by atoms with Crippen molar-refractivity contribution in [2.75, 3.05) is 25.6 Å². The molecule has 4 unspecified atom stereocenters. The van der Waals surface area contributed by atoms with Crippen LogP contribution in [-0.4, -0.2) is 97.9 Å². The molecule has 0 radical (unpaired) electrons. The molecule has 0 spiro atoms. The smallest absolute Gasteiger partial charge is 0.462 e. The molecule has 0 aliphatic carbocycles. The quantitative estimate of drug-likeness (QED) is 0.0134. The molecule has 2 aliphatic heterocycles. The van der Waals surface area contributed by atoms with Crippen molar-refractivity contribution in [2.24, 2.45) is 0 Å². The molecule has 0 aromatic carbocycles. The van der Waals surface area contributed by atoms with Crippen LogP contribution < -0.4 is 11.4 Å². The third-order valence-electron chi connectivity index (χ3n) is 12.1. The van der Waals surface area contributed by atoms with Crippen molar-refractivity contribution in [2.45, 2.75) is 224 Å². The molecule has 6 N–H and O–H groups in total. The fourth-order valence-corrected chi connectivity index (χ4v) is 10.0. The first-order chi connectivity index (χ1) is 34.1. The molecule has 3 heterocycles. The highest BCUT2D eigenvalue weighted by molar-refractivity contribution is 7.61. The molecule has 2 fully saturated rings. The lowest BCUT2D eigenvalue weighted by molar-refractivity contribution is -0.161.